The normalized spacial score (nSPS) is 48.3. The van der Waals surface area contributed by atoms with Crippen LogP contribution in [0.3, 0.4) is 0 Å². The number of ketones is 1. The lowest BCUT2D eigenvalue weighted by Crippen LogP contribution is -2.50. The molecular weight excluding hydrogens is 340 g/mol. The molecule has 1 saturated heterocycles. The van der Waals surface area contributed by atoms with E-state index in [1.54, 1.807) is 0 Å². The molecule has 4 heteroatoms. The topological polar surface area (TPSA) is 60.4 Å². The van der Waals surface area contributed by atoms with Crippen LogP contribution in [0.5, 0.6) is 0 Å². The maximum absolute atomic E-state index is 12.2. The van der Waals surface area contributed by atoms with Gasteiger partial charge in [-0.25, -0.2) is 0 Å². The Balaban J connectivity index is 1.54. The monoisotopic (exact) mass is 368 g/mol. The summed E-state index contributed by atoms with van der Waals surface area (Å²) >= 11 is 0. The number of carbonyl (C=O) groups is 3. The maximum atomic E-state index is 12.2. The van der Waals surface area contributed by atoms with E-state index in [0.29, 0.717) is 24.7 Å². The minimum Gasteiger partial charge on any atom is -0.458 e. The van der Waals surface area contributed by atoms with Crippen molar-refractivity contribution < 1.29 is 19.1 Å². The van der Waals surface area contributed by atoms with Gasteiger partial charge in [-0.15, -0.1) is 0 Å². The van der Waals surface area contributed by atoms with Gasteiger partial charge in [0, 0.05) is 23.7 Å². The predicted octanol–water partition coefficient (Wildman–Crippen LogP) is 3.94. The first kappa shape index (κ1) is 17.4. The van der Waals surface area contributed by atoms with Gasteiger partial charge in [0.15, 0.2) is 5.78 Å². The molecule has 1 spiro atoms. The van der Waals surface area contributed by atoms with Crippen molar-refractivity contribution in [3.8, 4) is 0 Å². The molecule has 4 nitrogen and oxygen atoms in total. The minimum atomic E-state index is -0.589. The quantitative estimate of drug-likeness (QED) is 0.304. The van der Waals surface area contributed by atoms with Gasteiger partial charge in [0.05, 0.1) is 0 Å². The summed E-state index contributed by atoms with van der Waals surface area (Å²) in [5.74, 6) is 0.362. The molecule has 1 aliphatic heterocycles. The molecule has 5 aliphatic rings. The summed E-state index contributed by atoms with van der Waals surface area (Å²) in [6.45, 7) is 4.62. The van der Waals surface area contributed by atoms with Crippen molar-refractivity contribution in [3.63, 3.8) is 0 Å². The number of rotatable bonds is 1. The van der Waals surface area contributed by atoms with Gasteiger partial charge in [0.25, 0.3) is 0 Å². The van der Waals surface area contributed by atoms with Crippen LogP contribution in [0.15, 0.2) is 23.3 Å². The first-order chi connectivity index (χ1) is 12.8. The average Bonchev–Trinajstić information content (AvgIpc) is 3.12. The zero-order valence-electron chi connectivity index (χ0n) is 16.3. The smallest absolute Gasteiger partial charge is 0.316 e. The zero-order chi connectivity index (χ0) is 19.0. The van der Waals surface area contributed by atoms with Crippen LogP contribution in [0, 0.1) is 28.6 Å². The molecule has 0 aromatic carbocycles. The molecule has 4 aliphatic carbocycles. The van der Waals surface area contributed by atoms with Gasteiger partial charge < -0.3 is 9.53 Å². The third kappa shape index (κ3) is 2.07. The first-order valence-electron chi connectivity index (χ1n) is 10.5. The van der Waals surface area contributed by atoms with Crippen molar-refractivity contribution in [3.05, 3.63) is 23.3 Å². The summed E-state index contributed by atoms with van der Waals surface area (Å²) < 4.78 is 5.96. The Morgan fingerprint density at radius 1 is 1.15 bits per heavy atom. The Morgan fingerprint density at radius 2 is 1.96 bits per heavy atom. The van der Waals surface area contributed by atoms with Crippen molar-refractivity contribution in [1.29, 1.82) is 0 Å². The number of aldehydes is 1. The molecule has 1 heterocycles. The molecule has 27 heavy (non-hydrogen) atoms. The lowest BCUT2D eigenvalue weighted by molar-refractivity contribution is -0.161. The third-order valence-corrected chi connectivity index (χ3v) is 8.94. The van der Waals surface area contributed by atoms with Gasteiger partial charge >= 0.3 is 5.97 Å². The van der Waals surface area contributed by atoms with Crippen LogP contribution in [-0.2, 0) is 19.1 Å². The second kappa shape index (κ2) is 5.42. The molecule has 0 amide bonds. The second-order valence-electron chi connectivity index (χ2n) is 9.90. The molecule has 0 aromatic rings. The summed E-state index contributed by atoms with van der Waals surface area (Å²) in [5, 5.41) is 0. The number of ether oxygens (including phenoxy) is 1. The summed E-state index contributed by atoms with van der Waals surface area (Å²) in [6.07, 6.45) is 12.2. The van der Waals surface area contributed by atoms with E-state index in [9.17, 15) is 14.4 Å². The van der Waals surface area contributed by atoms with Gasteiger partial charge in [0.1, 0.15) is 17.8 Å². The molecule has 2 saturated carbocycles. The second-order valence-corrected chi connectivity index (χ2v) is 9.90. The SMILES string of the molecule is CC12CCC(=O)C=C1CCC1C2=CCC2(C)C1CC[C@@]21CC(C=O)C(=O)O1. The number of hydrogen-bond donors (Lipinski definition) is 0. The average molecular weight is 368 g/mol. The van der Waals surface area contributed by atoms with E-state index >= 15 is 0 Å². The van der Waals surface area contributed by atoms with E-state index in [2.05, 4.69) is 19.9 Å². The van der Waals surface area contributed by atoms with E-state index < -0.39 is 11.5 Å². The van der Waals surface area contributed by atoms with E-state index in [-0.39, 0.29) is 22.6 Å². The van der Waals surface area contributed by atoms with E-state index in [4.69, 9.17) is 4.74 Å². The summed E-state index contributed by atoms with van der Waals surface area (Å²) in [6, 6.07) is 0. The van der Waals surface area contributed by atoms with Crippen LogP contribution in [0.4, 0.5) is 0 Å². The summed E-state index contributed by atoms with van der Waals surface area (Å²) in [7, 11) is 0. The highest BCUT2D eigenvalue weighted by molar-refractivity contribution is 5.92. The van der Waals surface area contributed by atoms with Gasteiger partial charge in [-0.1, -0.05) is 31.1 Å². The molecule has 3 fully saturated rings. The fourth-order valence-electron chi connectivity index (χ4n) is 7.30. The van der Waals surface area contributed by atoms with Crippen molar-refractivity contribution >= 4 is 18.0 Å². The molecule has 0 aromatic heterocycles. The highest BCUT2D eigenvalue weighted by Crippen LogP contribution is 2.68. The minimum absolute atomic E-state index is 0.0333. The number of fused-ring (bicyclic) bond motifs is 6. The largest absolute Gasteiger partial charge is 0.458 e. The van der Waals surface area contributed by atoms with Crippen LogP contribution < -0.4 is 0 Å². The molecule has 144 valence electrons. The van der Waals surface area contributed by atoms with Crippen molar-refractivity contribution in [2.75, 3.05) is 0 Å². The highest BCUT2D eigenvalue weighted by atomic mass is 16.6. The molecule has 5 rings (SSSR count). The fraction of sp³-hybridized carbons (Fsp3) is 0.696. The predicted molar refractivity (Wildman–Crippen MR) is 99.7 cm³/mol. The van der Waals surface area contributed by atoms with E-state index in [0.717, 1.165) is 44.8 Å². The Hall–Kier alpha value is -1.71. The zero-order valence-corrected chi connectivity index (χ0v) is 16.3. The Morgan fingerprint density at radius 3 is 2.70 bits per heavy atom. The van der Waals surface area contributed by atoms with Crippen LogP contribution >= 0.6 is 0 Å². The molecule has 5 unspecified atom stereocenters. The van der Waals surface area contributed by atoms with Gasteiger partial charge in [0.2, 0.25) is 0 Å². The number of esters is 1. The summed E-state index contributed by atoms with van der Waals surface area (Å²) in [4.78, 5) is 35.5. The summed E-state index contributed by atoms with van der Waals surface area (Å²) in [5.41, 5.74) is 2.33. The van der Waals surface area contributed by atoms with Crippen LogP contribution in [0.1, 0.15) is 65.2 Å². The number of hydrogen-bond acceptors (Lipinski definition) is 4. The van der Waals surface area contributed by atoms with Crippen LogP contribution in [0.2, 0.25) is 0 Å². The number of allylic oxidation sites excluding steroid dienone is 4. The highest BCUT2D eigenvalue weighted by Gasteiger charge is 2.67. The standard InChI is InChI=1S/C23H28O4/c1-21-8-5-16(25)11-15(21)3-4-17-18(21)6-9-22(2)19(17)7-10-23(22)12-14(13-24)20(26)27-23/h6,11,13-14,17,19H,3-5,7-10,12H2,1-2H3/t14?,17?,19?,21?,22?,23-/m1/s1. The van der Waals surface area contributed by atoms with Crippen LogP contribution in [-0.4, -0.2) is 23.6 Å². The Bertz CT molecular complexity index is 807. The van der Waals surface area contributed by atoms with Gasteiger partial charge in [-0.05, 0) is 56.4 Å². The van der Waals surface area contributed by atoms with Crippen LogP contribution in [0.25, 0.3) is 0 Å². The molecule has 0 bridgehead atoms. The first-order valence-corrected chi connectivity index (χ1v) is 10.5. The Labute approximate surface area is 160 Å². The molecule has 0 radical (unpaired) electrons. The maximum Gasteiger partial charge on any atom is 0.316 e. The molecular formula is C23H28O4. The van der Waals surface area contributed by atoms with Crippen molar-refractivity contribution in [1.82, 2.24) is 0 Å². The molecule has 6 atom stereocenters. The fourth-order valence-corrected chi connectivity index (χ4v) is 7.30. The van der Waals surface area contributed by atoms with Crippen molar-refractivity contribution in [2.45, 2.75) is 70.8 Å². The van der Waals surface area contributed by atoms with Gasteiger partial charge in [-0.2, -0.15) is 0 Å². The van der Waals surface area contributed by atoms with Gasteiger partial charge in [-0.3, -0.25) is 9.59 Å². The lowest BCUT2D eigenvalue weighted by atomic mass is 9.50. The molecule has 0 N–H and O–H groups in total. The van der Waals surface area contributed by atoms with E-state index in [1.165, 1.54) is 11.1 Å². The van der Waals surface area contributed by atoms with E-state index in [1.807, 2.05) is 6.08 Å². The lowest BCUT2D eigenvalue weighted by Gasteiger charge is -2.54. The Kier molecular flexibility index (Phi) is 3.49. The number of carbonyl (C=O) groups excluding carboxylic acids is 3. The third-order valence-electron chi connectivity index (χ3n) is 8.94. The van der Waals surface area contributed by atoms with Crippen molar-refractivity contribution in [2.24, 2.45) is 28.6 Å².